The first kappa shape index (κ1) is 23.2. The van der Waals surface area contributed by atoms with E-state index in [1.807, 2.05) is 67.0 Å². The van der Waals surface area contributed by atoms with Crippen LogP contribution in [0.3, 0.4) is 0 Å². The predicted molar refractivity (Wildman–Crippen MR) is 142 cm³/mol. The van der Waals surface area contributed by atoms with Crippen LogP contribution < -0.4 is 5.32 Å². The number of pyridine rings is 2. The zero-order chi connectivity index (χ0) is 24.0. The van der Waals surface area contributed by atoms with Gasteiger partial charge in [-0.2, -0.15) is 0 Å². The van der Waals surface area contributed by atoms with Gasteiger partial charge in [0.05, 0.1) is 16.8 Å². The molecule has 2 aromatic heterocycles. The highest BCUT2D eigenvalue weighted by Gasteiger charge is 2.26. The van der Waals surface area contributed by atoms with Crippen molar-refractivity contribution >= 4 is 16.8 Å². The molecular weight excluding hydrogens is 430 g/mol. The fourth-order valence-corrected chi connectivity index (χ4v) is 5.44. The molecule has 35 heavy (non-hydrogen) atoms. The van der Waals surface area contributed by atoms with E-state index in [1.165, 1.54) is 37.7 Å². The molecule has 4 aromatic rings. The number of hydrogen-bond donors (Lipinski definition) is 1. The summed E-state index contributed by atoms with van der Waals surface area (Å²) in [6.45, 7) is 2.17. The molecular formula is C31H33N3O. The molecule has 0 saturated heterocycles. The number of nitrogens with zero attached hydrogens (tertiary/aromatic N) is 2. The van der Waals surface area contributed by atoms with Crippen molar-refractivity contribution < 1.29 is 4.79 Å². The lowest BCUT2D eigenvalue weighted by Gasteiger charge is -2.29. The van der Waals surface area contributed by atoms with Crippen LogP contribution in [0.1, 0.15) is 60.5 Å². The second-order valence-corrected chi connectivity index (χ2v) is 9.71. The fraction of sp³-hybridized carbons (Fsp3) is 0.323. The molecule has 1 fully saturated rings. The molecule has 4 heteroatoms. The van der Waals surface area contributed by atoms with E-state index in [1.54, 1.807) is 0 Å². The van der Waals surface area contributed by atoms with Crippen molar-refractivity contribution in [2.45, 2.75) is 57.9 Å². The number of fused-ring (bicyclic) bond motifs is 1. The Morgan fingerprint density at radius 1 is 0.914 bits per heavy atom. The van der Waals surface area contributed by atoms with Gasteiger partial charge in [-0.1, -0.05) is 67.8 Å². The molecule has 1 unspecified atom stereocenters. The molecule has 4 nitrogen and oxygen atoms in total. The Hall–Kier alpha value is -3.53. The van der Waals surface area contributed by atoms with Crippen LogP contribution in [0, 0.1) is 5.92 Å². The highest BCUT2D eigenvalue weighted by Crippen LogP contribution is 2.32. The summed E-state index contributed by atoms with van der Waals surface area (Å²) in [4.78, 5) is 23.2. The van der Waals surface area contributed by atoms with Crippen LogP contribution in [0.25, 0.3) is 22.2 Å². The summed E-state index contributed by atoms with van der Waals surface area (Å²) in [7, 11) is 0. The summed E-state index contributed by atoms with van der Waals surface area (Å²) in [6.07, 6.45) is 11.4. The molecule has 0 aliphatic heterocycles. The Kier molecular flexibility index (Phi) is 7.17. The molecule has 1 aliphatic rings. The third-order valence-electron chi connectivity index (χ3n) is 7.40. The van der Waals surface area contributed by atoms with Crippen LogP contribution in [0.2, 0.25) is 0 Å². The summed E-state index contributed by atoms with van der Waals surface area (Å²) >= 11 is 0. The van der Waals surface area contributed by atoms with E-state index in [-0.39, 0.29) is 11.9 Å². The van der Waals surface area contributed by atoms with Crippen LogP contribution in [0.4, 0.5) is 0 Å². The largest absolute Gasteiger partial charge is 0.349 e. The molecule has 2 heterocycles. The number of nitrogens with one attached hydrogen (secondary N) is 1. The van der Waals surface area contributed by atoms with Gasteiger partial charge in [0.1, 0.15) is 0 Å². The number of carbonyl (C=O) groups excluding carboxylic acids is 1. The van der Waals surface area contributed by atoms with Gasteiger partial charge in [0.2, 0.25) is 0 Å². The summed E-state index contributed by atoms with van der Waals surface area (Å²) in [5, 5.41) is 4.32. The molecule has 1 N–H and O–H groups in total. The minimum atomic E-state index is 0.0172. The lowest BCUT2D eigenvalue weighted by molar-refractivity contribution is 0.0920. The lowest BCUT2D eigenvalue weighted by Crippen LogP contribution is -2.39. The Morgan fingerprint density at radius 3 is 2.40 bits per heavy atom. The molecule has 1 atom stereocenters. The van der Waals surface area contributed by atoms with Gasteiger partial charge >= 0.3 is 0 Å². The molecule has 1 saturated carbocycles. The van der Waals surface area contributed by atoms with Crippen molar-refractivity contribution in [2.75, 3.05) is 0 Å². The summed E-state index contributed by atoms with van der Waals surface area (Å²) in [5.74, 6) is 0.568. The van der Waals surface area contributed by atoms with E-state index in [9.17, 15) is 4.79 Å². The molecule has 0 spiro atoms. The number of amides is 1. The number of hydrogen-bond acceptors (Lipinski definition) is 3. The summed E-state index contributed by atoms with van der Waals surface area (Å²) < 4.78 is 0. The van der Waals surface area contributed by atoms with E-state index >= 15 is 0 Å². The van der Waals surface area contributed by atoms with E-state index in [4.69, 9.17) is 4.98 Å². The van der Waals surface area contributed by atoms with Gasteiger partial charge in [0.15, 0.2) is 0 Å². The number of carbonyl (C=O) groups is 1. The number of benzene rings is 2. The van der Waals surface area contributed by atoms with Gasteiger partial charge in [-0.3, -0.25) is 9.78 Å². The standard InChI is InChI=1S/C31H33N3O/c1-22(24-10-4-2-5-11-24)33-31(35)29-26-14-8-9-15-28(26)34-30(25-12-6-3-7-13-25)27(29)17-16-23-18-20-32-21-19-23/h3,6-9,12-15,18-22,24H,2,4-5,10-11,16-17H2,1H3,(H,33,35). The molecule has 2 aromatic carbocycles. The fourth-order valence-electron chi connectivity index (χ4n) is 5.44. The smallest absolute Gasteiger partial charge is 0.252 e. The first-order chi connectivity index (χ1) is 17.2. The Bertz CT molecular complexity index is 1280. The zero-order valence-electron chi connectivity index (χ0n) is 20.4. The van der Waals surface area contributed by atoms with Gasteiger partial charge in [0.25, 0.3) is 5.91 Å². The van der Waals surface area contributed by atoms with E-state index < -0.39 is 0 Å². The summed E-state index contributed by atoms with van der Waals surface area (Å²) in [6, 6.07) is 22.5. The maximum absolute atomic E-state index is 14.0. The molecule has 1 aliphatic carbocycles. The van der Waals surface area contributed by atoms with Crippen LogP contribution in [-0.4, -0.2) is 21.9 Å². The van der Waals surface area contributed by atoms with Crippen molar-refractivity contribution in [3.05, 3.63) is 95.8 Å². The minimum Gasteiger partial charge on any atom is -0.349 e. The molecule has 178 valence electrons. The van der Waals surface area contributed by atoms with Gasteiger partial charge in [-0.25, -0.2) is 4.98 Å². The third-order valence-corrected chi connectivity index (χ3v) is 7.40. The Labute approximate surface area is 207 Å². The number of aromatic nitrogens is 2. The molecule has 1 amide bonds. The normalized spacial score (nSPS) is 15.1. The third kappa shape index (κ3) is 5.27. The molecule has 0 radical (unpaired) electrons. The number of aryl methyl sites for hydroxylation is 1. The SMILES string of the molecule is CC(NC(=O)c1c(CCc2ccncc2)c(-c2ccccc2)nc2ccccc12)C1CCCCC1. The van der Waals surface area contributed by atoms with Crippen LogP contribution >= 0.6 is 0 Å². The van der Waals surface area contributed by atoms with Crippen molar-refractivity contribution in [1.29, 1.82) is 0 Å². The van der Waals surface area contributed by atoms with Gasteiger partial charge in [-0.05, 0) is 67.9 Å². The monoisotopic (exact) mass is 463 g/mol. The van der Waals surface area contributed by atoms with Gasteiger partial charge in [0, 0.05) is 29.4 Å². The highest BCUT2D eigenvalue weighted by atomic mass is 16.1. The second kappa shape index (κ2) is 10.8. The predicted octanol–water partition coefficient (Wildman–Crippen LogP) is 6.78. The number of rotatable bonds is 7. The van der Waals surface area contributed by atoms with Crippen molar-refractivity contribution in [3.63, 3.8) is 0 Å². The van der Waals surface area contributed by atoms with Crippen molar-refractivity contribution in [1.82, 2.24) is 15.3 Å². The minimum absolute atomic E-state index is 0.0172. The van der Waals surface area contributed by atoms with Gasteiger partial charge < -0.3 is 5.32 Å². The van der Waals surface area contributed by atoms with Crippen LogP contribution in [0.5, 0.6) is 0 Å². The maximum atomic E-state index is 14.0. The first-order valence-corrected chi connectivity index (χ1v) is 12.9. The van der Waals surface area contributed by atoms with Crippen molar-refractivity contribution in [2.24, 2.45) is 5.92 Å². The van der Waals surface area contributed by atoms with Crippen molar-refractivity contribution in [3.8, 4) is 11.3 Å². The average Bonchev–Trinajstić information content (AvgIpc) is 2.92. The Balaban J connectivity index is 1.59. The first-order valence-electron chi connectivity index (χ1n) is 12.9. The average molecular weight is 464 g/mol. The van der Waals surface area contributed by atoms with E-state index in [0.717, 1.165) is 46.1 Å². The highest BCUT2D eigenvalue weighted by molar-refractivity contribution is 6.09. The molecule has 5 rings (SSSR count). The van der Waals surface area contributed by atoms with E-state index in [2.05, 4.69) is 29.4 Å². The van der Waals surface area contributed by atoms with Crippen LogP contribution in [0.15, 0.2) is 79.1 Å². The number of para-hydroxylation sites is 1. The van der Waals surface area contributed by atoms with Crippen LogP contribution in [-0.2, 0) is 12.8 Å². The molecule has 0 bridgehead atoms. The van der Waals surface area contributed by atoms with E-state index in [0.29, 0.717) is 5.92 Å². The lowest BCUT2D eigenvalue weighted by atomic mass is 9.84. The second-order valence-electron chi connectivity index (χ2n) is 9.71. The Morgan fingerprint density at radius 2 is 1.63 bits per heavy atom. The topological polar surface area (TPSA) is 54.9 Å². The van der Waals surface area contributed by atoms with Gasteiger partial charge in [-0.15, -0.1) is 0 Å². The zero-order valence-corrected chi connectivity index (χ0v) is 20.4. The summed E-state index contributed by atoms with van der Waals surface area (Å²) in [5.41, 5.74) is 5.78. The maximum Gasteiger partial charge on any atom is 0.252 e. The quantitative estimate of drug-likeness (QED) is 0.329.